The Bertz CT molecular complexity index is 3510. The first-order valence-corrected chi connectivity index (χ1v) is 46.4. The van der Waals surface area contributed by atoms with Gasteiger partial charge in [0.15, 0.2) is 0 Å². The Labute approximate surface area is 930 Å². The van der Waals surface area contributed by atoms with E-state index in [4.69, 9.17) is 77.5 Å². The van der Waals surface area contributed by atoms with Gasteiger partial charge in [-0.25, -0.2) is 0 Å². The average Bonchev–Trinajstić information content (AvgIpc) is 0.829. The van der Waals surface area contributed by atoms with Crippen LogP contribution in [0.5, 0.6) is 0 Å². The van der Waals surface area contributed by atoms with Crippen molar-refractivity contribution in [3.8, 4) is 0 Å². The molecule has 2 saturated heterocycles. The summed E-state index contributed by atoms with van der Waals surface area (Å²) in [7, 11) is 0. The summed E-state index contributed by atoms with van der Waals surface area (Å²) in [4.78, 5) is 10.2. The van der Waals surface area contributed by atoms with Crippen LogP contribution in [0.25, 0.3) is 10.6 Å². The molecule has 2 aliphatic rings. The number of aliphatic imine (C=N–C) groups is 2. The molecule has 22 heteroatoms. The molecule has 0 spiro atoms. The molecule has 2 heterocycles. The van der Waals surface area contributed by atoms with Crippen molar-refractivity contribution in [3.63, 3.8) is 0 Å². The van der Waals surface area contributed by atoms with Crippen molar-refractivity contribution in [1.29, 1.82) is 0 Å². The Hall–Kier alpha value is -4.12. The number of ether oxygens (including phenoxy) is 12. The number of benzene rings is 9. The normalized spacial score (nSPS) is 14.3. The second-order valence-corrected chi connectivity index (χ2v) is 32.8. The molecule has 0 aromatic heterocycles. The molecule has 0 bridgehead atoms. The summed E-state index contributed by atoms with van der Waals surface area (Å²) < 4.78 is 63.9. The zero-order chi connectivity index (χ0) is 93.3. The van der Waals surface area contributed by atoms with Gasteiger partial charge in [0.05, 0.1) is 170 Å². The first-order valence-electron chi connectivity index (χ1n) is 46.4. The summed E-state index contributed by atoms with van der Waals surface area (Å²) in [5.41, 5.74) is 18.9. The van der Waals surface area contributed by atoms with Crippen LogP contribution >= 0.6 is 0 Å². The van der Waals surface area contributed by atoms with E-state index < -0.39 is 0 Å². The van der Waals surface area contributed by atoms with Crippen LogP contribution in [0.15, 0.2) is 288 Å². The SMILES string of the molecule is C1COCCOCCOCCOCCOCCO1.C1COCCOCCOCCOCCOCCO1.CC(/C=C(/C)[N-]c1c(C(C)C)cccc1C(C)C)=Nc1c(C(C)C)cccc1C(C)C.CC(/C=C(/C)[N-]c1c(C(C)C)cccc1C(C)C)=Nc1c(C(C)C)cccc1C(C)C.[K+].[K+].[Ni+2].[Ni+2].[S-2].[S-2].c1ccccc1.c1ccccc1.c1ccccc1.c1ccccc1.c1ccccc1. The molecule has 0 aliphatic carbocycles. The fourth-order valence-electron chi connectivity index (χ4n) is 12.6. The van der Waals surface area contributed by atoms with E-state index in [1.807, 2.05) is 182 Å². The van der Waals surface area contributed by atoms with Crippen LogP contribution in [-0.4, -0.2) is 170 Å². The van der Waals surface area contributed by atoms with Crippen molar-refractivity contribution in [3.05, 3.63) is 333 Å². The summed E-state index contributed by atoms with van der Waals surface area (Å²) in [5.74, 6) is 3.49. The molecule has 2 fully saturated rings. The molecule has 9 aromatic carbocycles. The zero-order valence-corrected chi connectivity index (χ0v) is 95.0. The quantitative estimate of drug-likeness (QED) is 0.0665. The minimum absolute atomic E-state index is 0. The van der Waals surface area contributed by atoms with Gasteiger partial charge in [-0.05, 0) is 83.4 Å². The summed E-state index contributed by atoms with van der Waals surface area (Å²) in [6.45, 7) is 58.2. The van der Waals surface area contributed by atoms with Crippen molar-refractivity contribution in [1.82, 2.24) is 0 Å². The van der Waals surface area contributed by atoms with Crippen molar-refractivity contribution in [2.45, 2.75) is 186 Å². The minimum atomic E-state index is 0. The second kappa shape index (κ2) is 91.4. The monoisotopic (exact) mass is 2010 g/mol. The molecule has 11 rings (SSSR count). The number of allylic oxidation sites excluding steroid dienone is 4. The fraction of sp³-hybridized carbons (Fsp3) is 0.464. The Balaban J connectivity index is -0.000000758. The van der Waals surface area contributed by atoms with Crippen LogP contribution in [-0.2, 0) is 117 Å². The Morgan fingerprint density at radius 3 is 0.433 bits per heavy atom. The van der Waals surface area contributed by atoms with Gasteiger partial charge in [-0.2, -0.15) is 11.4 Å². The minimum Gasteiger partial charge on any atom is -2.00 e. The average molecular weight is 2010 g/mol. The van der Waals surface area contributed by atoms with E-state index in [2.05, 4.69) is 223 Å². The van der Waals surface area contributed by atoms with E-state index in [9.17, 15) is 0 Å². The fourth-order valence-corrected chi connectivity index (χ4v) is 12.6. The van der Waals surface area contributed by atoms with Gasteiger partial charge >= 0.3 is 136 Å². The smallest absolute Gasteiger partial charge is 2.00 e. The van der Waals surface area contributed by atoms with Gasteiger partial charge in [0.25, 0.3) is 0 Å². The largest absolute Gasteiger partial charge is 2.00 e. The summed E-state index contributed by atoms with van der Waals surface area (Å²) in [6.07, 6.45) is 4.23. The van der Waals surface area contributed by atoms with Crippen molar-refractivity contribution < 1.29 is 193 Å². The van der Waals surface area contributed by atoms with Crippen LogP contribution in [0.1, 0.15) is 230 Å². The molecular weight excluding hydrogens is 1850 g/mol. The van der Waals surface area contributed by atoms with Gasteiger partial charge in [0, 0.05) is 11.4 Å². The summed E-state index contributed by atoms with van der Waals surface area (Å²) in [6, 6.07) is 86.3. The second-order valence-electron chi connectivity index (χ2n) is 32.8. The predicted molar refractivity (Wildman–Crippen MR) is 554 cm³/mol. The molecule has 0 radical (unpaired) electrons. The molecule has 2 aliphatic heterocycles. The number of para-hydroxylation sites is 4. The van der Waals surface area contributed by atoms with Crippen LogP contribution < -0.4 is 103 Å². The molecular formula is C112H160K2N4Ni2O12S2. The first kappa shape index (κ1) is 136. The molecule has 0 saturated carbocycles. The third-order valence-electron chi connectivity index (χ3n) is 19.2. The van der Waals surface area contributed by atoms with E-state index in [-0.39, 0.29) is 163 Å². The molecule has 0 N–H and O–H groups in total. The Morgan fingerprint density at radius 1 is 0.209 bits per heavy atom. The Kier molecular flexibility index (Phi) is 92.8. The molecule has 0 unspecified atom stereocenters. The predicted octanol–water partition coefficient (Wildman–Crippen LogP) is 22.4. The van der Waals surface area contributed by atoms with Gasteiger partial charge in [-0.3, -0.25) is 9.98 Å². The van der Waals surface area contributed by atoms with E-state index in [1.165, 1.54) is 44.5 Å². The van der Waals surface area contributed by atoms with E-state index >= 15 is 0 Å². The van der Waals surface area contributed by atoms with Crippen LogP contribution in [0.4, 0.5) is 22.7 Å². The molecule has 0 amide bonds. The van der Waals surface area contributed by atoms with Crippen LogP contribution in [0.3, 0.4) is 0 Å². The van der Waals surface area contributed by atoms with Gasteiger partial charge < -0.3 is 94.5 Å². The van der Waals surface area contributed by atoms with E-state index in [0.29, 0.717) is 206 Å². The van der Waals surface area contributed by atoms with Gasteiger partial charge in [-0.15, -0.1) is 11.4 Å². The standard InChI is InChI=1S/2C29H41N2.2C12H24O6.5C6H6.2K.2Ni.2S/c2*1-18(2)24-13-11-14-25(19(3)4)28(24)30-22(9)17-23(10)31-29-26(20(5)6)15-12-16-27(29)21(7)8;2*1-2-14-5-6-16-9-10-18-12-11-17-8-7-15-4-3-13-1;5*1-2-4-6-5-3-1;;;;;;/h2*11-21H,1-10H3;2*1-12H2;5*1-6H;;;;;;/q2*-1;;;;;;;;2*+1;2*+2;2*-2/b2*22-17-,31-23?;;;;;;;;;;;;;. The third-order valence-corrected chi connectivity index (χ3v) is 19.2. The van der Waals surface area contributed by atoms with Gasteiger partial charge in [0.2, 0.25) is 0 Å². The van der Waals surface area contributed by atoms with E-state index in [1.54, 1.807) is 0 Å². The Morgan fingerprint density at radius 2 is 0.321 bits per heavy atom. The van der Waals surface area contributed by atoms with Crippen LogP contribution in [0, 0.1) is 0 Å². The van der Waals surface area contributed by atoms with Crippen LogP contribution in [0.2, 0.25) is 0 Å². The maximum absolute atomic E-state index is 5.33. The molecule has 734 valence electrons. The summed E-state index contributed by atoms with van der Waals surface area (Å²) in [5, 5.41) is 10.2. The van der Waals surface area contributed by atoms with Gasteiger partial charge in [0.1, 0.15) is 0 Å². The maximum atomic E-state index is 5.33. The van der Waals surface area contributed by atoms with Crippen molar-refractivity contribution in [2.75, 3.05) is 159 Å². The first-order chi connectivity index (χ1) is 62.0. The summed E-state index contributed by atoms with van der Waals surface area (Å²) >= 11 is 0. The molecule has 134 heavy (non-hydrogen) atoms. The molecule has 0 atom stereocenters. The van der Waals surface area contributed by atoms with Crippen molar-refractivity contribution >= 4 is 61.2 Å². The number of rotatable bonds is 16. The van der Waals surface area contributed by atoms with Crippen molar-refractivity contribution in [2.24, 2.45) is 9.98 Å². The zero-order valence-electron chi connectivity index (χ0n) is 85.1. The number of hydrogen-bond donors (Lipinski definition) is 0. The number of nitrogens with zero attached hydrogens (tertiary/aromatic N) is 4. The third kappa shape index (κ3) is 68.1. The molecule has 9 aromatic rings. The van der Waals surface area contributed by atoms with Gasteiger partial charge in [-0.1, -0.05) is 414 Å². The maximum Gasteiger partial charge on any atom is 2.00 e. The topological polar surface area (TPSA) is 164 Å². The van der Waals surface area contributed by atoms with E-state index in [0.717, 1.165) is 45.6 Å². The molecule has 16 nitrogen and oxygen atoms in total. The number of hydrogen-bond acceptors (Lipinski definition) is 14.